The van der Waals surface area contributed by atoms with E-state index in [0.29, 0.717) is 17.9 Å². The Morgan fingerprint density at radius 3 is 2.58 bits per heavy atom. The van der Waals surface area contributed by atoms with Gasteiger partial charge in [-0.3, -0.25) is 14.4 Å². The van der Waals surface area contributed by atoms with Gasteiger partial charge in [-0.1, -0.05) is 43.0 Å². The first-order chi connectivity index (χ1) is 12.4. The van der Waals surface area contributed by atoms with Gasteiger partial charge in [0.15, 0.2) is 17.5 Å². The maximum atomic E-state index is 12.6. The number of ether oxygens (including phenoxy) is 1. The van der Waals surface area contributed by atoms with Crippen LogP contribution in [-0.2, 0) is 25.5 Å². The zero-order valence-electron chi connectivity index (χ0n) is 15.1. The Morgan fingerprint density at radius 1 is 1.23 bits per heavy atom. The molecule has 1 aromatic rings. The second kappa shape index (κ2) is 7.91. The van der Waals surface area contributed by atoms with Crippen LogP contribution >= 0.6 is 11.6 Å². The van der Waals surface area contributed by atoms with E-state index in [2.05, 4.69) is 0 Å². The Balaban J connectivity index is 1.84. The molecule has 4 nitrogen and oxygen atoms in total. The average molecular weight is 377 g/mol. The van der Waals surface area contributed by atoms with Crippen molar-refractivity contribution in [2.45, 2.75) is 63.9 Å². The third-order valence-electron chi connectivity index (χ3n) is 5.82. The topological polar surface area (TPSA) is 60.4 Å². The minimum absolute atomic E-state index is 0.147. The molecule has 0 amide bonds. The summed E-state index contributed by atoms with van der Waals surface area (Å²) in [4.78, 5) is 36.8. The largest absolute Gasteiger partial charge is 0.457 e. The smallest absolute Gasteiger partial charge is 0.324 e. The van der Waals surface area contributed by atoms with Gasteiger partial charge in [-0.25, -0.2) is 0 Å². The number of esters is 1. The Hall–Kier alpha value is -1.68. The van der Waals surface area contributed by atoms with Crippen molar-refractivity contribution in [3.05, 3.63) is 34.9 Å². The van der Waals surface area contributed by atoms with Crippen molar-refractivity contribution in [3.8, 4) is 0 Å². The quantitative estimate of drug-likeness (QED) is 0.567. The zero-order valence-corrected chi connectivity index (χ0v) is 15.9. The Labute approximate surface area is 159 Å². The number of Topliss-reactive ketones (excluding diaryl/α,β-unsaturated/α-hetero) is 2. The molecule has 26 heavy (non-hydrogen) atoms. The van der Waals surface area contributed by atoms with Gasteiger partial charge in [0.1, 0.15) is 5.60 Å². The van der Waals surface area contributed by atoms with Crippen molar-refractivity contribution in [3.63, 3.8) is 0 Å². The molecule has 1 saturated heterocycles. The molecule has 1 aliphatic carbocycles. The predicted octanol–water partition coefficient (Wildman–Crippen LogP) is 4.31. The number of aryl methyl sites for hydroxylation is 1. The molecule has 2 atom stereocenters. The van der Waals surface area contributed by atoms with Crippen molar-refractivity contribution in [2.75, 3.05) is 0 Å². The lowest BCUT2D eigenvalue weighted by molar-refractivity contribution is -0.187. The number of benzene rings is 1. The average Bonchev–Trinajstić information content (AvgIpc) is 2.60. The van der Waals surface area contributed by atoms with Crippen LogP contribution in [0.5, 0.6) is 0 Å². The van der Waals surface area contributed by atoms with Gasteiger partial charge in [-0.05, 0) is 56.2 Å². The number of hydrogen-bond donors (Lipinski definition) is 0. The standard InChI is InChI=1S/C21H25ClO4/c1-14(23)19-18(24)13-21(26-20(19)25,16-7-3-2-4-8-16)11-10-15-6-5-9-17(22)12-15/h5-6,9,12,16,19H,2-4,7-8,10-11,13H2,1H3. The van der Waals surface area contributed by atoms with E-state index in [4.69, 9.17) is 16.3 Å². The van der Waals surface area contributed by atoms with Crippen molar-refractivity contribution in [1.82, 2.24) is 0 Å². The summed E-state index contributed by atoms with van der Waals surface area (Å²) < 4.78 is 5.90. The van der Waals surface area contributed by atoms with Gasteiger partial charge in [-0.15, -0.1) is 0 Å². The van der Waals surface area contributed by atoms with Gasteiger partial charge in [-0.2, -0.15) is 0 Å². The molecule has 2 fully saturated rings. The minimum atomic E-state index is -1.24. The van der Waals surface area contributed by atoms with Crippen molar-refractivity contribution >= 4 is 29.1 Å². The summed E-state index contributed by atoms with van der Waals surface area (Å²) in [6.45, 7) is 1.28. The molecule has 1 heterocycles. The zero-order chi connectivity index (χ0) is 18.7. The van der Waals surface area contributed by atoms with E-state index < -0.39 is 23.3 Å². The summed E-state index contributed by atoms with van der Waals surface area (Å²) in [5.41, 5.74) is 0.271. The number of ketones is 2. The Morgan fingerprint density at radius 2 is 1.96 bits per heavy atom. The lowest BCUT2D eigenvalue weighted by Gasteiger charge is -2.45. The second-order valence-electron chi connectivity index (χ2n) is 7.64. The first kappa shape index (κ1) is 19.1. The van der Waals surface area contributed by atoms with Gasteiger partial charge in [0.2, 0.25) is 0 Å². The first-order valence-electron chi connectivity index (χ1n) is 9.42. The monoisotopic (exact) mass is 376 g/mol. The predicted molar refractivity (Wildman–Crippen MR) is 99.0 cm³/mol. The highest BCUT2D eigenvalue weighted by Crippen LogP contribution is 2.44. The summed E-state index contributed by atoms with van der Waals surface area (Å²) in [6.07, 6.45) is 6.69. The number of cyclic esters (lactones) is 1. The number of hydrogen-bond acceptors (Lipinski definition) is 4. The summed E-state index contributed by atoms with van der Waals surface area (Å²) in [5, 5.41) is 0.669. The van der Waals surface area contributed by atoms with Crippen LogP contribution in [0.3, 0.4) is 0 Å². The Kier molecular flexibility index (Phi) is 5.81. The van der Waals surface area contributed by atoms with Gasteiger partial charge in [0.25, 0.3) is 0 Å². The maximum Gasteiger partial charge on any atom is 0.324 e. The van der Waals surface area contributed by atoms with Crippen LogP contribution in [0.2, 0.25) is 5.02 Å². The van der Waals surface area contributed by atoms with Crippen LogP contribution in [0.25, 0.3) is 0 Å². The molecule has 1 aliphatic heterocycles. The molecule has 3 rings (SSSR count). The van der Waals surface area contributed by atoms with Crippen molar-refractivity contribution in [1.29, 1.82) is 0 Å². The van der Waals surface area contributed by atoms with E-state index in [9.17, 15) is 14.4 Å². The molecule has 140 valence electrons. The van der Waals surface area contributed by atoms with Crippen molar-refractivity contribution in [2.24, 2.45) is 11.8 Å². The highest BCUT2D eigenvalue weighted by Gasteiger charge is 2.52. The van der Waals surface area contributed by atoms with E-state index in [1.54, 1.807) is 0 Å². The first-order valence-corrected chi connectivity index (χ1v) is 9.79. The van der Waals surface area contributed by atoms with Gasteiger partial charge in [0.05, 0.1) is 0 Å². The fourth-order valence-electron chi connectivity index (χ4n) is 4.46. The molecule has 0 spiro atoms. The number of halogens is 1. The Bertz CT molecular complexity index is 688. The van der Waals surface area contributed by atoms with Gasteiger partial charge < -0.3 is 4.74 Å². The molecule has 5 heteroatoms. The molecule has 2 unspecified atom stereocenters. The molecule has 0 aromatic heterocycles. The summed E-state index contributed by atoms with van der Waals surface area (Å²) in [6, 6.07) is 7.62. The summed E-state index contributed by atoms with van der Waals surface area (Å²) in [7, 11) is 0. The lowest BCUT2D eigenvalue weighted by Crippen LogP contribution is -2.54. The number of carbonyl (C=O) groups is 3. The lowest BCUT2D eigenvalue weighted by atomic mass is 9.69. The highest BCUT2D eigenvalue weighted by molar-refractivity contribution is 6.30. The minimum Gasteiger partial charge on any atom is -0.457 e. The maximum absolute atomic E-state index is 12.6. The van der Waals surface area contributed by atoms with E-state index in [0.717, 1.165) is 31.2 Å². The van der Waals surface area contributed by atoms with E-state index in [-0.39, 0.29) is 18.1 Å². The summed E-state index contributed by atoms with van der Waals surface area (Å²) >= 11 is 6.07. The van der Waals surface area contributed by atoms with Crippen LogP contribution in [0.15, 0.2) is 24.3 Å². The third kappa shape index (κ3) is 4.01. The normalized spacial score (nSPS) is 27.2. The third-order valence-corrected chi connectivity index (χ3v) is 6.05. The van der Waals surface area contributed by atoms with Gasteiger partial charge in [0, 0.05) is 11.4 Å². The fourth-order valence-corrected chi connectivity index (χ4v) is 4.68. The second-order valence-corrected chi connectivity index (χ2v) is 8.07. The SMILES string of the molecule is CC(=O)C1C(=O)CC(CCc2cccc(Cl)c2)(C2CCCCC2)OC1=O. The van der Waals surface area contributed by atoms with Crippen molar-refractivity contribution < 1.29 is 19.1 Å². The highest BCUT2D eigenvalue weighted by atomic mass is 35.5. The molecule has 0 N–H and O–H groups in total. The molecule has 1 aromatic carbocycles. The van der Waals surface area contributed by atoms with Crippen LogP contribution in [0.1, 0.15) is 57.4 Å². The van der Waals surface area contributed by atoms with Crippen LogP contribution in [0, 0.1) is 11.8 Å². The summed E-state index contributed by atoms with van der Waals surface area (Å²) in [5.74, 6) is -2.43. The van der Waals surface area contributed by atoms with Crippen LogP contribution < -0.4 is 0 Å². The molecule has 2 aliphatic rings. The molecular weight excluding hydrogens is 352 g/mol. The van der Waals surface area contributed by atoms with E-state index >= 15 is 0 Å². The molecule has 0 radical (unpaired) electrons. The van der Waals surface area contributed by atoms with Gasteiger partial charge >= 0.3 is 5.97 Å². The van der Waals surface area contributed by atoms with Crippen LogP contribution in [0.4, 0.5) is 0 Å². The number of carbonyl (C=O) groups excluding carboxylic acids is 3. The van der Waals surface area contributed by atoms with E-state index in [1.807, 2.05) is 24.3 Å². The fraction of sp³-hybridized carbons (Fsp3) is 0.571. The molecule has 0 bridgehead atoms. The number of rotatable bonds is 5. The van der Waals surface area contributed by atoms with E-state index in [1.165, 1.54) is 13.3 Å². The molecular formula is C21H25ClO4. The van der Waals surface area contributed by atoms with Crippen LogP contribution in [-0.4, -0.2) is 23.1 Å². The molecule has 1 saturated carbocycles.